The molecule has 2 aliphatic rings. The number of halogens is 1. The highest BCUT2D eigenvalue weighted by Crippen LogP contribution is 2.42. The van der Waals surface area contributed by atoms with Crippen LogP contribution in [0.4, 0.5) is 26.4 Å². The van der Waals surface area contributed by atoms with Crippen LogP contribution >= 0.6 is 0 Å². The topological polar surface area (TPSA) is 99.6 Å². The average molecular weight is 519 g/mol. The van der Waals surface area contributed by atoms with Gasteiger partial charge in [-0.2, -0.15) is 9.78 Å². The van der Waals surface area contributed by atoms with E-state index in [0.29, 0.717) is 31.6 Å². The summed E-state index contributed by atoms with van der Waals surface area (Å²) in [6, 6.07) is 14.6. The van der Waals surface area contributed by atoms with E-state index in [1.165, 1.54) is 18.3 Å². The van der Waals surface area contributed by atoms with Gasteiger partial charge in [-0.3, -0.25) is 9.59 Å². The van der Waals surface area contributed by atoms with Gasteiger partial charge in [-0.05, 0) is 54.8 Å². The molecule has 0 spiro atoms. The maximum Gasteiger partial charge on any atom is 0.348 e. The monoisotopic (exact) mass is 518 g/mol. The molecule has 2 fully saturated rings. The SMILES string of the molecule is CC(=O)N1CCN(c2ccc(NC(=O)n3nccc3NC(=O)C3(c4ccc(F)cc4)CCCC3)cc2)CC1. The Morgan fingerprint density at radius 2 is 1.53 bits per heavy atom. The van der Waals surface area contributed by atoms with Crippen LogP contribution in [0.15, 0.2) is 60.8 Å². The summed E-state index contributed by atoms with van der Waals surface area (Å²) in [6.45, 7) is 4.46. The molecule has 9 nitrogen and oxygen atoms in total. The average Bonchev–Trinajstić information content (AvgIpc) is 3.60. The number of carbonyl (C=O) groups excluding carboxylic acids is 3. The van der Waals surface area contributed by atoms with Gasteiger partial charge < -0.3 is 20.4 Å². The number of aromatic nitrogens is 2. The standard InChI is InChI=1S/C28H31FN6O3/c1-20(36)33-16-18-34(19-17-33)24-10-8-23(9-11-24)31-27(38)35-25(12-15-30-35)32-26(37)28(13-2-3-14-28)21-4-6-22(29)7-5-21/h4-12,15H,2-3,13-14,16-19H2,1H3,(H,31,38)(H,32,37). The fourth-order valence-electron chi connectivity index (χ4n) is 5.40. The van der Waals surface area contributed by atoms with Crippen LogP contribution in [-0.4, -0.2) is 58.7 Å². The molecule has 1 saturated heterocycles. The van der Waals surface area contributed by atoms with Crippen LogP contribution in [0.25, 0.3) is 0 Å². The van der Waals surface area contributed by atoms with E-state index < -0.39 is 11.4 Å². The molecule has 2 N–H and O–H groups in total. The Labute approximate surface area is 220 Å². The molecule has 0 atom stereocenters. The first kappa shape index (κ1) is 25.4. The van der Waals surface area contributed by atoms with Crippen molar-refractivity contribution in [3.63, 3.8) is 0 Å². The van der Waals surface area contributed by atoms with Gasteiger partial charge in [0.05, 0.1) is 11.6 Å². The lowest BCUT2D eigenvalue weighted by molar-refractivity contribution is -0.129. The lowest BCUT2D eigenvalue weighted by atomic mass is 9.78. The van der Waals surface area contributed by atoms with Crippen LogP contribution in [0.3, 0.4) is 0 Å². The number of hydrogen-bond acceptors (Lipinski definition) is 5. The molecular weight excluding hydrogens is 487 g/mol. The summed E-state index contributed by atoms with van der Waals surface area (Å²) < 4.78 is 14.6. The predicted molar refractivity (Wildman–Crippen MR) is 143 cm³/mol. The van der Waals surface area contributed by atoms with Crippen LogP contribution in [0.1, 0.15) is 38.2 Å². The first-order valence-corrected chi connectivity index (χ1v) is 12.9. The van der Waals surface area contributed by atoms with E-state index in [2.05, 4.69) is 20.6 Å². The zero-order valence-corrected chi connectivity index (χ0v) is 21.3. The van der Waals surface area contributed by atoms with E-state index in [9.17, 15) is 18.8 Å². The third-order valence-corrected chi connectivity index (χ3v) is 7.57. The van der Waals surface area contributed by atoms with Gasteiger partial charge in [-0.1, -0.05) is 25.0 Å². The number of rotatable bonds is 5. The van der Waals surface area contributed by atoms with Gasteiger partial charge in [-0.15, -0.1) is 0 Å². The second-order valence-electron chi connectivity index (χ2n) is 9.85. The smallest absolute Gasteiger partial charge is 0.348 e. The highest BCUT2D eigenvalue weighted by atomic mass is 19.1. The Balaban J connectivity index is 1.24. The second kappa shape index (κ2) is 10.6. The molecule has 2 aromatic carbocycles. The normalized spacial score (nSPS) is 16.8. The van der Waals surface area contributed by atoms with Gasteiger partial charge in [0.25, 0.3) is 0 Å². The van der Waals surface area contributed by atoms with Crippen molar-refractivity contribution in [2.45, 2.75) is 38.0 Å². The number of nitrogens with zero attached hydrogens (tertiary/aromatic N) is 4. The summed E-state index contributed by atoms with van der Waals surface area (Å²) in [4.78, 5) is 42.1. The summed E-state index contributed by atoms with van der Waals surface area (Å²) in [6.07, 6.45) is 4.56. The van der Waals surface area contributed by atoms with Crippen LogP contribution in [0.2, 0.25) is 0 Å². The minimum absolute atomic E-state index is 0.0887. The summed E-state index contributed by atoms with van der Waals surface area (Å²) in [5.41, 5.74) is 1.60. The van der Waals surface area contributed by atoms with Gasteiger partial charge in [0.1, 0.15) is 11.6 Å². The van der Waals surface area contributed by atoms with Crippen LogP contribution in [-0.2, 0) is 15.0 Å². The molecule has 1 saturated carbocycles. The molecule has 1 aliphatic heterocycles. The zero-order valence-electron chi connectivity index (χ0n) is 21.3. The van der Waals surface area contributed by atoms with Crippen molar-refractivity contribution in [2.75, 3.05) is 41.7 Å². The van der Waals surface area contributed by atoms with Gasteiger partial charge in [0, 0.05) is 50.5 Å². The number of benzene rings is 2. The maximum absolute atomic E-state index is 13.5. The first-order chi connectivity index (χ1) is 18.4. The largest absolute Gasteiger partial charge is 0.368 e. The van der Waals surface area contributed by atoms with Crippen molar-refractivity contribution in [3.05, 3.63) is 72.2 Å². The Morgan fingerprint density at radius 3 is 2.16 bits per heavy atom. The summed E-state index contributed by atoms with van der Waals surface area (Å²) in [5, 5.41) is 9.82. The number of amides is 3. The molecule has 198 valence electrons. The van der Waals surface area contributed by atoms with Crippen LogP contribution in [0, 0.1) is 5.82 Å². The second-order valence-corrected chi connectivity index (χ2v) is 9.85. The highest BCUT2D eigenvalue weighted by molar-refractivity contribution is 6.01. The molecule has 3 amide bonds. The van der Waals surface area contributed by atoms with Gasteiger partial charge >= 0.3 is 6.03 Å². The van der Waals surface area contributed by atoms with Crippen molar-refractivity contribution in [1.82, 2.24) is 14.7 Å². The molecule has 1 aromatic heterocycles. The molecule has 1 aliphatic carbocycles. The van der Waals surface area contributed by atoms with Gasteiger partial charge in [0.2, 0.25) is 11.8 Å². The van der Waals surface area contributed by atoms with E-state index >= 15 is 0 Å². The Bertz CT molecular complexity index is 1310. The molecule has 5 rings (SSSR count). The molecule has 0 bridgehead atoms. The van der Waals surface area contributed by atoms with E-state index in [-0.39, 0.29) is 23.4 Å². The van der Waals surface area contributed by atoms with Crippen LogP contribution in [0.5, 0.6) is 0 Å². The van der Waals surface area contributed by atoms with E-state index in [1.807, 2.05) is 29.2 Å². The summed E-state index contributed by atoms with van der Waals surface area (Å²) >= 11 is 0. The third-order valence-electron chi connectivity index (χ3n) is 7.57. The van der Waals surface area contributed by atoms with Crippen LogP contribution < -0.4 is 15.5 Å². The predicted octanol–water partition coefficient (Wildman–Crippen LogP) is 4.22. The molecule has 0 unspecified atom stereocenters. The molecule has 10 heteroatoms. The summed E-state index contributed by atoms with van der Waals surface area (Å²) in [7, 11) is 0. The lowest BCUT2D eigenvalue weighted by Gasteiger charge is -2.35. The van der Waals surface area contributed by atoms with Crippen molar-refractivity contribution in [1.29, 1.82) is 0 Å². The summed E-state index contributed by atoms with van der Waals surface area (Å²) in [5.74, 6) is -0.224. The number of piperazine rings is 1. The fraction of sp³-hybridized carbons (Fsp3) is 0.357. The number of hydrogen-bond donors (Lipinski definition) is 2. The van der Waals surface area contributed by atoms with Crippen molar-refractivity contribution in [3.8, 4) is 0 Å². The Morgan fingerprint density at radius 1 is 0.868 bits per heavy atom. The minimum Gasteiger partial charge on any atom is -0.368 e. The van der Waals surface area contributed by atoms with E-state index in [4.69, 9.17) is 0 Å². The fourth-order valence-corrected chi connectivity index (χ4v) is 5.40. The number of nitrogens with one attached hydrogen (secondary N) is 2. The molecule has 3 aromatic rings. The van der Waals surface area contributed by atoms with E-state index in [1.54, 1.807) is 25.1 Å². The van der Waals surface area contributed by atoms with Crippen molar-refractivity contribution < 1.29 is 18.8 Å². The highest BCUT2D eigenvalue weighted by Gasteiger charge is 2.43. The Kier molecular flexibility index (Phi) is 7.13. The molecule has 0 radical (unpaired) electrons. The first-order valence-electron chi connectivity index (χ1n) is 12.9. The molecule has 38 heavy (non-hydrogen) atoms. The lowest BCUT2D eigenvalue weighted by Crippen LogP contribution is -2.48. The van der Waals surface area contributed by atoms with Crippen molar-refractivity contribution in [2.24, 2.45) is 0 Å². The Hall–Kier alpha value is -4.21. The quantitative estimate of drug-likeness (QED) is 0.527. The molecular formula is C28H31FN6O3. The molecule has 2 heterocycles. The van der Waals surface area contributed by atoms with Crippen molar-refractivity contribution >= 4 is 35.0 Å². The minimum atomic E-state index is -0.773. The van der Waals surface area contributed by atoms with Gasteiger partial charge in [0.15, 0.2) is 0 Å². The van der Waals surface area contributed by atoms with Gasteiger partial charge in [-0.25, -0.2) is 9.18 Å². The third kappa shape index (κ3) is 5.11. The number of carbonyl (C=O) groups is 3. The number of anilines is 3. The van der Waals surface area contributed by atoms with E-state index in [0.717, 1.165) is 41.9 Å². The zero-order chi connectivity index (χ0) is 26.7. The maximum atomic E-state index is 13.5.